The number of fused-ring (bicyclic) bond motifs is 7. The molecule has 6 aliphatic rings. The maximum Gasteiger partial charge on any atom is 0.157 e. The Bertz CT molecular complexity index is 1030. The van der Waals surface area contributed by atoms with Crippen LogP contribution in [0, 0.1) is 88.3 Å². The van der Waals surface area contributed by atoms with Gasteiger partial charge >= 0.3 is 0 Å². The fourth-order valence-corrected chi connectivity index (χ4v) is 12.4. The third-order valence-corrected chi connectivity index (χ3v) is 15.9. The summed E-state index contributed by atoms with van der Waals surface area (Å²) in [6, 6.07) is 0. The van der Waals surface area contributed by atoms with E-state index in [1.807, 2.05) is 0 Å². The van der Waals surface area contributed by atoms with Crippen LogP contribution < -0.4 is 0 Å². The summed E-state index contributed by atoms with van der Waals surface area (Å²) in [7, 11) is 0. The molecule has 14 atom stereocenters. The minimum atomic E-state index is -0.297. The zero-order chi connectivity index (χ0) is 29.8. The molecule has 0 aromatic carbocycles. The Labute approximate surface area is 330 Å². The monoisotopic (exact) mass is 904 g/mol. The van der Waals surface area contributed by atoms with Crippen LogP contribution in [0.25, 0.3) is 0 Å². The van der Waals surface area contributed by atoms with E-state index in [1.165, 1.54) is 38.5 Å². The largest absolute Gasteiger partial charge is 0.544 e. The van der Waals surface area contributed by atoms with Crippen molar-refractivity contribution in [2.45, 2.75) is 152 Å². The second-order valence-corrected chi connectivity index (χ2v) is 17.9. The third kappa shape index (κ3) is 6.61. The van der Waals surface area contributed by atoms with Gasteiger partial charge in [0.2, 0.25) is 0 Å². The molecule has 45 heavy (non-hydrogen) atoms. The minimum absolute atomic E-state index is 0. The summed E-state index contributed by atoms with van der Waals surface area (Å²) in [6.45, 7) is 24.6. The van der Waals surface area contributed by atoms with Crippen LogP contribution in [0.5, 0.6) is 0 Å². The summed E-state index contributed by atoms with van der Waals surface area (Å²) in [5.41, 5.74) is 0.934. The summed E-state index contributed by atoms with van der Waals surface area (Å²) in [5.74, 6) is 5.68. The molecule has 256 valence electrons. The first kappa shape index (κ1) is 43.1. The fourth-order valence-electron chi connectivity index (χ4n) is 12.4. The van der Waals surface area contributed by atoms with Gasteiger partial charge in [-0.3, -0.25) is 17.6 Å². The Kier molecular flexibility index (Phi) is 14.3. The van der Waals surface area contributed by atoms with Crippen molar-refractivity contribution >= 4 is 6.29 Å². The van der Waals surface area contributed by atoms with Crippen molar-refractivity contribution in [2.24, 2.45) is 68.5 Å². The molecular formula is C39H64O3VWY-4. The smallest absolute Gasteiger partial charge is 0.157 e. The van der Waals surface area contributed by atoms with Crippen LogP contribution in [0.4, 0.5) is 0 Å². The van der Waals surface area contributed by atoms with Crippen molar-refractivity contribution in [3.05, 3.63) is 19.8 Å². The first-order valence-corrected chi connectivity index (χ1v) is 17.5. The molecule has 6 heteroatoms. The van der Waals surface area contributed by atoms with Crippen LogP contribution in [0.15, 0.2) is 0 Å². The van der Waals surface area contributed by atoms with Gasteiger partial charge in [-0.2, -0.15) is 19.3 Å². The molecule has 0 N–H and O–H groups in total. The van der Waals surface area contributed by atoms with Crippen LogP contribution >= 0.6 is 0 Å². The van der Waals surface area contributed by atoms with Gasteiger partial charge < -0.3 is 28.1 Å². The molecular weight excluding hydrogens is 840 g/mol. The predicted molar refractivity (Wildman–Crippen MR) is 173 cm³/mol. The SMILES string of the molecule is C[C-]1[C@@H](O[C@@H]2OC(C)[C@H](C)[C@H](C)C2C)CCC2(C)C3CCC4C5CC(C)(C)CC[C@]5([C-]=O)[CH-]C[C@@]4(C)[C@@]3(C)CC[C@@H]12.[CH3-].[V].[W].[Y]. The van der Waals surface area contributed by atoms with Gasteiger partial charge in [0.25, 0.3) is 0 Å². The quantitative estimate of drug-likeness (QED) is 0.209. The number of hydrogen-bond donors (Lipinski definition) is 0. The van der Waals surface area contributed by atoms with Gasteiger partial charge in [0.15, 0.2) is 6.29 Å². The molecule has 1 saturated heterocycles. The van der Waals surface area contributed by atoms with Crippen molar-refractivity contribution in [1.29, 1.82) is 0 Å². The zero-order valence-electron chi connectivity index (χ0n) is 30.6. The average molecular weight is 905 g/mol. The van der Waals surface area contributed by atoms with Gasteiger partial charge in [-0.15, -0.1) is 0 Å². The normalized spacial score (nSPS) is 52.0. The Balaban J connectivity index is 0.00000176. The summed E-state index contributed by atoms with van der Waals surface area (Å²) >= 11 is 0. The summed E-state index contributed by atoms with van der Waals surface area (Å²) in [4.78, 5) is 12.6. The van der Waals surface area contributed by atoms with Gasteiger partial charge in [-0.25, -0.2) is 0 Å². The van der Waals surface area contributed by atoms with E-state index in [1.54, 1.807) is 5.92 Å². The molecule has 0 spiro atoms. The molecule has 6 unspecified atom stereocenters. The first-order chi connectivity index (χ1) is 19.1. The van der Waals surface area contributed by atoms with E-state index in [-0.39, 0.29) is 109 Å². The Morgan fingerprint density at radius 2 is 1.51 bits per heavy atom. The van der Waals surface area contributed by atoms with E-state index in [0.29, 0.717) is 51.8 Å². The van der Waals surface area contributed by atoms with E-state index in [0.717, 1.165) is 31.6 Å². The molecule has 5 saturated carbocycles. The maximum absolute atomic E-state index is 12.6. The van der Waals surface area contributed by atoms with Gasteiger partial charge in [-0.1, -0.05) is 104 Å². The molecule has 2 radical (unpaired) electrons. The van der Waals surface area contributed by atoms with E-state index < -0.39 is 0 Å². The van der Waals surface area contributed by atoms with Crippen LogP contribution in [-0.2, 0) is 86.6 Å². The molecule has 0 amide bonds. The van der Waals surface area contributed by atoms with Crippen molar-refractivity contribution in [3.8, 4) is 0 Å². The van der Waals surface area contributed by atoms with Crippen molar-refractivity contribution in [2.75, 3.05) is 0 Å². The van der Waals surface area contributed by atoms with Crippen LogP contribution in [-0.4, -0.2) is 24.8 Å². The molecule has 6 fully saturated rings. The number of hydrogen-bond acceptors (Lipinski definition) is 3. The molecule has 5 aliphatic carbocycles. The maximum atomic E-state index is 12.6. The van der Waals surface area contributed by atoms with Crippen LogP contribution in [0.3, 0.4) is 0 Å². The number of rotatable bonds is 3. The number of ether oxygens (including phenoxy) is 2. The number of carbonyl (C=O) groups excluding carboxylic acids is 1. The Morgan fingerprint density at radius 1 is 0.844 bits per heavy atom. The van der Waals surface area contributed by atoms with Gasteiger partial charge in [-0.05, 0) is 73.5 Å². The average Bonchev–Trinajstić information content (AvgIpc) is 2.92. The summed E-state index contributed by atoms with van der Waals surface area (Å²) < 4.78 is 13.4. The molecule has 1 aliphatic heterocycles. The third-order valence-electron chi connectivity index (χ3n) is 15.9. The van der Waals surface area contributed by atoms with Crippen molar-refractivity contribution in [3.63, 3.8) is 0 Å². The predicted octanol–water partition coefficient (Wildman–Crippen LogP) is 9.84. The van der Waals surface area contributed by atoms with Gasteiger partial charge in [0.05, 0.1) is 6.10 Å². The summed E-state index contributed by atoms with van der Waals surface area (Å²) in [6.07, 6.45) is 17.6. The molecule has 0 aromatic heterocycles. The van der Waals surface area contributed by atoms with E-state index in [9.17, 15) is 4.79 Å². The van der Waals surface area contributed by atoms with E-state index in [2.05, 4.69) is 81.9 Å². The molecule has 0 bridgehead atoms. The van der Waals surface area contributed by atoms with E-state index >= 15 is 0 Å². The fraction of sp³-hybridized carbons (Fsp3) is 0.897. The van der Waals surface area contributed by atoms with Crippen LogP contribution in [0.2, 0.25) is 0 Å². The summed E-state index contributed by atoms with van der Waals surface area (Å²) in [5, 5.41) is 0. The topological polar surface area (TPSA) is 35.5 Å². The Morgan fingerprint density at radius 3 is 2.16 bits per heavy atom. The molecule has 1 heterocycles. The molecule has 0 aromatic rings. The Hall–Kier alpha value is 1.97. The molecule has 6 rings (SSSR count). The zero-order valence-corrected chi connectivity index (χ0v) is 37.7. The standard InChI is InChI=1S/C38H61O3.CH3.V.W.Y/c1-23-24(2)27(5)40-33(25(23)3)41-31-14-15-35(8)28(26(31)4)13-16-37(10)32(35)12-11-29-30-21-34(6,7)17-19-38(30,22-39)20-18-36(29,37)9;;;;/h20,23-25,27-33H,11-19,21H2,1-10H3;1H3;;;/q-3;-1;;;/t23-,24+,25?,27?,28-,29?,30?,31-,32?,33-,35?,36+,37-,38+;;;;/m0..../s1. The van der Waals surface area contributed by atoms with Crippen molar-refractivity contribution in [1.82, 2.24) is 0 Å². The van der Waals surface area contributed by atoms with Gasteiger partial charge in [0.1, 0.15) is 0 Å². The van der Waals surface area contributed by atoms with Gasteiger partial charge in [0, 0.05) is 78.2 Å². The minimum Gasteiger partial charge on any atom is -0.544 e. The second kappa shape index (κ2) is 14.9. The van der Waals surface area contributed by atoms with Crippen molar-refractivity contribution < 1.29 is 86.6 Å². The molecule has 3 nitrogen and oxygen atoms in total. The first-order valence-electron chi connectivity index (χ1n) is 17.5. The van der Waals surface area contributed by atoms with E-state index in [4.69, 9.17) is 9.47 Å². The van der Waals surface area contributed by atoms with Crippen LogP contribution in [0.1, 0.15) is 133 Å². The second-order valence-electron chi connectivity index (χ2n) is 17.9.